The van der Waals surface area contributed by atoms with Crippen LogP contribution in [0.1, 0.15) is 18.4 Å². The van der Waals surface area contributed by atoms with Crippen molar-refractivity contribution in [1.29, 1.82) is 0 Å². The average Bonchev–Trinajstić information content (AvgIpc) is 2.73. The molecule has 1 saturated heterocycles. The molecule has 0 aromatic carbocycles. The van der Waals surface area contributed by atoms with Crippen LogP contribution in [-0.2, 0) is 11.2 Å². The zero-order valence-electron chi connectivity index (χ0n) is 10.2. The Hall–Kier alpha value is -1.42. The van der Waals surface area contributed by atoms with Gasteiger partial charge in [0.15, 0.2) is 0 Å². The number of aromatic nitrogens is 1. The molecule has 1 atom stereocenters. The maximum atomic E-state index is 11.7. The highest BCUT2D eigenvalue weighted by atomic mass is 16.1. The minimum Gasteiger partial charge on any atom is -0.352 e. The topological polar surface area (TPSA) is 45.2 Å². The van der Waals surface area contributed by atoms with Crippen LogP contribution in [0, 0.1) is 0 Å². The van der Waals surface area contributed by atoms with E-state index in [4.69, 9.17) is 0 Å². The fraction of sp³-hybridized carbons (Fsp3) is 0.538. The SMILES string of the molecule is CN1CC[C@@H](NC(=O)CCc2ccncc2)C1. The van der Waals surface area contributed by atoms with Crippen molar-refractivity contribution in [1.82, 2.24) is 15.2 Å². The number of rotatable bonds is 4. The lowest BCUT2D eigenvalue weighted by Gasteiger charge is -2.12. The first-order valence-electron chi connectivity index (χ1n) is 6.11. The number of nitrogens with one attached hydrogen (secondary N) is 1. The average molecular weight is 233 g/mol. The minimum atomic E-state index is 0.155. The Morgan fingerprint density at radius 3 is 2.94 bits per heavy atom. The summed E-state index contributed by atoms with van der Waals surface area (Å²) in [6.07, 6.45) is 5.94. The fourth-order valence-electron chi connectivity index (χ4n) is 2.16. The van der Waals surface area contributed by atoms with E-state index in [1.807, 2.05) is 12.1 Å². The van der Waals surface area contributed by atoms with Crippen LogP contribution in [0.25, 0.3) is 0 Å². The predicted molar refractivity (Wildman–Crippen MR) is 66.6 cm³/mol. The Morgan fingerprint density at radius 1 is 1.53 bits per heavy atom. The van der Waals surface area contributed by atoms with E-state index < -0.39 is 0 Å². The van der Waals surface area contributed by atoms with Gasteiger partial charge >= 0.3 is 0 Å². The number of likely N-dealkylation sites (tertiary alicyclic amines) is 1. The first-order valence-corrected chi connectivity index (χ1v) is 6.11. The molecule has 17 heavy (non-hydrogen) atoms. The lowest BCUT2D eigenvalue weighted by Crippen LogP contribution is -2.36. The van der Waals surface area contributed by atoms with E-state index >= 15 is 0 Å². The highest BCUT2D eigenvalue weighted by Crippen LogP contribution is 2.07. The second-order valence-electron chi connectivity index (χ2n) is 4.67. The molecule has 1 amide bonds. The molecule has 4 nitrogen and oxygen atoms in total. The van der Waals surface area contributed by atoms with Gasteiger partial charge in [-0.05, 0) is 44.1 Å². The molecule has 1 aromatic heterocycles. The summed E-state index contributed by atoms with van der Waals surface area (Å²) in [6, 6.07) is 4.25. The van der Waals surface area contributed by atoms with Gasteiger partial charge in [-0.2, -0.15) is 0 Å². The standard InChI is InChI=1S/C13H19N3O/c1-16-9-6-12(10-16)15-13(17)3-2-11-4-7-14-8-5-11/h4-5,7-8,12H,2-3,6,9-10H2,1H3,(H,15,17)/t12-/m1/s1. The Morgan fingerprint density at radius 2 is 2.29 bits per heavy atom. The molecule has 0 radical (unpaired) electrons. The van der Waals surface area contributed by atoms with E-state index in [0.717, 1.165) is 25.9 Å². The number of carbonyl (C=O) groups is 1. The normalized spacial score (nSPS) is 20.4. The second kappa shape index (κ2) is 5.77. The Kier molecular flexibility index (Phi) is 4.09. The molecule has 1 aliphatic heterocycles. The van der Waals surface area contributed by atoms with Crippen LogP contribution in [0.2, 0.25) is 0 Å². The number of aryl methyl sites for hydroxylation is 1. The Labute approximate surface area is 102 Å². The number of amides is 1. The zero-order valence-corrected chi connectivity index (χ0v) is 10.2. The first kappa shape index (κ1) is 12.0. The predicted octanol–water partition coefficient (Wildman–Crippen LogP) is 0.834. The third kappa shape index (κ3) is 3.82. The van der Waals surface area contributed by atoms with Gasteiger partial charge in [-0.15, -0.1) is 0 Å². The third-order valence-electron chi connectivity index (χ3n) is 3.15. The summed E-state index contributed by atoms with van der Waals surface area (Å²) in [6.45, 7) is 2.05. The Bertz CT molecular complexity index is 366. The smallest absolute Gasteiger partial charge is 0.220 e. The molecule has 0 unspecified atom stereocenters. The highest BCUT2D eigenvalue weighted by molar-refractivity contribution is 5.76. The largest absolute Gasteiger partial charge is 0.352 e. The summed E-state index contributed by atoms with van der Waals surface area (Å²) < 4.78 is 0. The summed E-state index contributed by atoms with van der Waals surface area (Å²) in [5.74, 6) is 0.155. The van der Waals surface area contributed by atoms with E-state index in [2.05, 4.69) is 22.2 Å². The van der Waals surface area contributed by atoms with Gasteiger partial charge in [0.2, 0.25) is 5.91 Å². The van der Waals surface area contributed by atoms with Gasteiger partial charge in [-0.1, -0.05) is 0 Å². The van der Waals surface area contributed by atoms with Crippen molar-refractivity contribution >= 4 is 5.91 Å². The van der Waals surface area contributed by atoms with Crippen LogP contribution in [0.15, 0.2) is 24.5 Å². The van der Waals surface area contributed by atoms with Crippen LogP contribution in [0.4, 0.5) is 0 Å². The highest BCUT2D eigenvalue weighted by Gasteiger charge is 2.20. The van der Waals surface area contributed by atoms with E-state index in [9.17, 15) is 4.79 Å². The van der Waals surface area contributed by atoms with Crippen molar-refractivity contribution < 1.29 is 4.79 Å². The summed E-state index contributed by atoms with van der Waals surface area (Å²) in [5, 5.41) is 3.08. The number of pyridine rings is 1. The number of hydrogen-bond acceptors (Lipinski definition) is 3. The molecule has 1 N–H and O–H groups in total. The maximum Gasteiger partial charge on any atom is 0.220 e. The van der Waals surface area contributed by atoms with Crippen molar-refractivity contribution in [3.05, 3.63) is 30.1 Å². The van der Waals surface area contributed by atoms with Gasteiger partial charge in [0.05, 0.1) is 0 Å². The lowest BCUT2D eigenvalue weighted by atomic mass is 10.1. The van der Waals surface area contributed by atoms with Gasteiger partial charge in [0.1, 0.15) is 0 Å². The van der Waals surface area contributed by atoms with E-state index in [0.29, 0.717) is 12.5 Å². The summed E-state index contributed by atoms with van der Waals surface area (Å²) in [7, 11) is 2.09. The minimum absolute atomic E-state index is 0.155. The lowest BCUT2D eigenvalue weighted by molar-refractivity contribution is -0.121. The van der Waals surface area contributed by atoms with Gasteiger partial charge in [0, 0.05) is 31.4 Å². The van der Waals surface area contributed by atoms with E-state index in [1.165, 1.54) is 5.56 Å². The molecular weight excluding hydrogens is 214 g/mol. The van der Waals surface area contributed by atoms with Crippen molar-refractivity contribution in [2.45, 2.75) is 25.3 Å². The van der Waals surface area contributed by atoms with Crippen molar-refractivity contribution in [3.8, 4) is 0 Å². The number of hydrogen-bond donors (Lipinski definition) is 1. The van der Waals surface area contributed by atoms with Gasteiger partial charge in [-0.25, -0.2) is 0 Å². The number of likely N-dealkylation sites (N-methyl/N-ethyl adjacent to an activating group) is 1. The molecule has 1 fully saturated rings. The van der Waals surface area contributed by atoms with Crippen molar-refractivity contribution in [2.24, 2.45) is 0 Å². The van der Waals surface area contributed by atoms with Crippen molar-refractivity contribution in [3.63, 3.8) is 0 Å². The van der Waals surface area contributed by atoms with Crippen LogP contribution in [0.5, 0.6) is 0 Å². The zero-order chi connectivity index (χ0) is 12.1. The van der Waals surface area contributed by atoms with Gasteiger partial charge < -0.3 is 10.2 Å². The Balaban J connectivity index is 1.71. The van der Waals surface area contributed by atoms with Crippen LogP contribution in [-0.4, -0.2) is 42.0 Å². The molecule has 4 heteroatoms. The molecule has 1 aromatic rings. The molecule has 2 rings (SSSR count). The number of nitrogens with zero attached hydrogens (tertiary/aromatic N) is 2. The van der Waals surface area contributed by atoms with Gasteiger partial charge in [-0.3, -0.25) is 9.78 Å². The molecule has 1 aliphatic rings. The quantitative estimate of drug-likeness (QED) is 0.838. The molecule has 2 heterocycles. The number of carbonyl (C=O) groups excluding carboxylic acids is 1. The van der Waals surface area contributed by atoms with Gasteiger partial charge in [0.25, 0.3) is 0 Å². The van der Waals surface area contributed by atoms with Crippen molar-refractivity contribution in [2.75, 3.05) is 20.1 Å². The van der Waals surface area contributed by atoms with E-state index in [-0.39, 0.29) is 5.91 Å². The summed E-state index contributed by atoms with van der Waals surface area (Å²) >= 11 is 0. The molecule has 0 bridgehead atoms. The van der Waals surface area contributed by atoms with Crippen LogP contribution >= 0.6 is 0 Å². The summed E-state index contributed by atoms with van der Waals surface area (Å²) in [4.78, 5) is 17.9. The van der Waals surface area contributed by atoms with E-state index in [1.54, 1.807) is 12.4 Å². The molecule has 92 valence electrons. The monoisotopic (exact) mass is 233 g/mol. The fourth-order valence-corrected chi connectivity index (χ4v) is 2.16. The molecular formula is C13H19N3O. The first-order chi connectivity index (χ1) is 8.24. The molecule has 0 spiro atoms. The summed E-state index contributed by atoms with van der Waals surface area (Å²) in [5.41, 5.74) is 1.17. The molecule has 0 aliphatic carbocycles. The van der Waals surface area contributed by atoms with Crippen LogP contribution < -0.4 is 5.32 Å². The third-order valence-corrected chi connectivity index (χ3v) is 3.15. The second-order valence-corrected chi connectivity index (χ2v) is 4.67. The maximum absolute atomic E-state index is 11.7. The van der Waals surface area contributed by atoms with Crippen LogP contribution in [0.3, 0.4) is 0 Å². The molecule has 0 saturated carbocycles.